The van der Waals surface area contributed by atoms with E-state index in [1.54, 1.807) is 0 Å². The molecule has 4 heteroatoms. The monoisotopic (exact) mass is 203 g/mol. The van der Waals surface area contributed by atoms with Gasteiger partial charge in [0.1, 0.15) is 0 Å². The fourth-order valence-corrected chi connectivity index (χ4v) is 1.37. The van der Waals surface area contributed by atoms with Crippen LogP contribution in [-0.4, -0.2) is 23.7 Å². The van der Waals surface area contributed by atoms with Crippen molar-refractivity contribution in [3.63, 3.8) is 0 Å². The van der Waals surface area contributed by atoms with Gasteiger partial charge in [-0.2, -0.15) is 0 Å². The van der Waals surface area contributed by atoms with Gasteiger partial charge in [-0.05, 0) is 34.6 Å². The summed E-state index contributed by atoms with van der Waals surface area (Å²) in [5.41, 5.74) is 0. The van der Waals surface area contributed by atoms with E-state index in [1.807, 2.05) is 11.9 Å². The normalized spacial score (nSPS) is 11.0. The lowest BCUT2D eigenvalue weighted by Crippen LogP contribution is -2.30. The summed E-state index contributed by atoms with van der Waals surface area (Å²) < 4.78 is 5.14. The maximum atomic E-state index is 5.14. The minimum Gasteiger partial charge on any atom is -0.344 e. The fourth-order valence-electron chi connectivity index (χ4n) is 1.01. The number of rotatable bonds is 4. The van der Waals surface area contributed by atoms with Gasteiger partial charge in [-0.15, -0.1) is 0 Å². The summed E-state index contributed by atoms with van der Waals surface area (Å²) in [6.07, 6.45) is 0. The quantitative estimate of drug-likeness (QED) is 0.397. The molecule has 0 saturated carbocycles. The predicted molar refractivity (Wildman–Crippen MR) is 59.3 cm³/mol. The second-order valence-electron chi connectivity index (χ2n) is 3.31. The Morgan fingerprint density at radius 1 is 1.31 bits per heavy atom. The first kappa shape index (κ1) is 12.7. The van der Waals surface area contributed by atoms with E-state index in [9.17, 15) is 0 Å². The highest BCUT2D eigenvalue weighted by Crippen LogP contribution is 2.11. The van der Waals surface area contributed by atoms with Gasteiger partial charge >= 0.3 is 5.81 Å². The van der Waals surface area contributed by atoms with Gasteiger partial charge in [0.05, 0.1) is 17.0 Å². The summed E-state index contributed by atoms with van der Waals surface area (Å²) in [6.45, 7) is 11.2. The van der Waals surface area contributed by atoms with E-state index < -0.39 is 0 Å². The molecule has 1 atom stereocenters. The molecular formula is C9H20N2OP+. The summed E-state index contributed by atoms with van der Waals surface area (Å²) in [6, 6.07) is 0.831. The van der Waals surface area contributed by atoms with Crippen LogP contribution < -0.4 is 0 Å². The Morgan fingerprint density at radius 2 is 1.85 bits per heavy atom. The molecule has 0 rings (SSSR count). The highest BCUT2D eigenvalue weighted by molar-refractivity contribution is 7.38. The van der Waals surface area contributed by atoms with Crippen LogP contribution in [0.5, 0.6) is 0 Å². The smallest absolute Gasteiger partial charge is 0.344 e. The van der Waals surface area contributed by atoms with Gasteiger partial charge in [-0.1, -0.05) is 5.01 Å². The first-order valence-corrected chi connectivity index (χ1v) is 5.61. The topological polar surface area (TPSA) is 16.8 Å². The number of hydrogen-bond donors (Lipinski definition) is 0. The Bertz CT molecular complexity index is 176. The standard InChI is InChI=1S/C9H20N2OP/c1-6-12-13-7-10-11(8(2)3)9(4)5/h8-9,13H,6H2,1-5H3/q+1. The largest absolute Gasteiger partial charge is 0.367 e. The van der Waals surface area contributed by atoms with Gasteiger partial charge in [0.25, 0.3) is 0 Å². The molecule has 0 heterocycles. The summed E-state index contributed by atoms with van der Waals surface area (Å²) in [5.74, 6) is 2.91. The first-order valence-electron chi connectivity index (χ1n) is 4.70. The van der Waals surface area contributed by atoms with E-state index >= 15 is 0 Å². The molecule has 0 aromatic carbocycles. The molecule has 0 saturated heterocycles. The van der Waals surface area contributed by atoms with Gasteiger partial charge < -0.3 is 4.52 Å². The zero-order valence-corrected chi connectivity index (χ0v) is 10.2. The minimum atomic E-state index is 0.252. The third-order valence-electron chi connectivity index (χ3n) is 1.49. The Kier molecular flexibility index (Phi) is 6.94. The summed E-state index contributed by atoms with van der Waals surface area (Å²) in [5, 5.41) is 2.02. The molecule has 0 radical (unpaired) electrons. The molecule has 13 heavy (non-hydrogen) atoms. The van der Waals surface area contributed by atoms with Gasteiger partial charge in [0.2, 0.25) is 0 Å². The van der Waals surface area contributed by atoms with Crippen molar-refractivity contribution in [1.29, 1.82) is 0 Å². The molecule has 76 valence electrons. The van der Waals surface area contributed by atoms with Crippen LogP contribution in [-0.2, 0) is 4.52 Å². The Balaban J connectivity index is 3.98. The molecule has 1 unspecified atom stereocenters. The second kappa shape index (κ2) is 7.12. The van der Waals surface area contributed by atoms with Gasteiger partial charge in [-0.25, -0.2) is 0 Å². The molecule has 3 nitrogen and oxygen atoms in total. The van der Waals surface area contributed by atoms with Crippen molar-refractivity contribution < 1.29 is 4.52 Å². The maximum absolute atomic E-state index is 5.14. The van der Waals surface area contributed by atoms with Crippen LogP contribution in [0.15, 0.2) is 0 Å². The molecular weight excluding hydrogens is 183 g/mol. The first-order chi connectivity index (χ1) is 6.09. The lowest BCUT2D eigenvalue weighted by Gasteiger charge is -2.13. The van der Waals surface area contributed by atoms with Crippen LogP contribution in [0.1, 0.15) is 34.6 Å². The van der Waals surface area contributed by atoms with E-state index in [2.05, 4.69) is 38.5 Å². The highest BCUT2D eigenvalue weighted by atomic mass is 31.1. The van der Waals surface area contributed by atoms with E-state index in [-0.39, 0.29) is 8.81 Å². The van der Waals surface area contributed by atoms with Gasteiger partial charge in [0, 0.05) is 6.61 Å². The third kappa shape index (κ3) is 5.85. The van der Waals surface area contributed by atoms with E-state index in [1.165, 1.54) is 0 Å². The predicted octanol–water partition coefficient (Wildman–Crippen LogP) is 2.94. The molecule has 0 bridgehead atoms. The van der Waals surface area contributed by atoms with Crippen LogP contribution in [0.25, 0.3) is 4.95 Å². The molecule has 0 fully saturated rings. The average molecular weight is 203 g/mol. The summed E-state index contributed by atoms with van der Waals surface area (Å²) >= 11 is 0. The Labute approximate surface area is 83.1 Å². The molecule has 0 aromatic heterocycles. The van der Waals surface area contributed by atoms with Crippen LogP contribution in [0.4, 0.5) is 0 Å². The molecule has 0 spiro atoms. The SMILES string of the molecule is CCOPC#[N+]N(C(C)C)C(C)C. The zero-order valence-electron chi connectivity index (χ0n) is 9.16. The highest BCUT2D eigenvalue weighted by Gasteiger charge is 2.19. The lowest BCUT2D eigenvalue weighted by atomic mass is 10.3. The van der Waals surface area contributed by atoms with E-state index in [4.69, 9.17) is 4.52 Å². The minimum absolute atomic E-state index is 0.252. The van der Waals surface area contributed by atoms with Crippen LogP contribution >= 0.6 is 8.81 Å². The summed E-state index contributed by atoms with van der Waals surface area (Å²) in [7, 11) is 0.252. The van der Waals surface area contributed by atoms with Crippen molar-refractivity contribution in [2.75, 3.05) is 6.61 Å². The van der Waals surface area contributed by atoms with Crippen LogP contribution in [0.2, 0.25) is 0 Å². The van der Waals surface area contributed by atoms with E-state index in [0.29, 0.717) is 12.1 Å². The van der Waals surface area contributed by atoms with Crippen molar-refractivity contribution in [1.82, 2.24) is 5.01 Å². The van der Waals surface area contributed by atoms with Crippen molar-refractivity contribution >= 4 is 8.81 Å². The fraction of sp³-hybridized carbons (Fsp3) is 0.889. The Morgan fingerprint density at radius 3 is 2.23 bits per heavy atom. The molecule has 0 amide bonds. The molecule has 0 aliphatic heterocycles. The van der Waals surface area contributed by atoms with Crippen molar-refractivity contribution in [3.8, 4) is 5.81 Å². The van der Waals surface area contributed by atoms with Crippen LogP contribution in [0.3, 0.4) is 0 Å². The van der Waals surface area contributed by atoms with E-state index in [0.717, 1.165) is 6.61 Å². The molecule has 0 aromatic rings. The van der Waals surface area contributed by atoms with Crippen molar-refractivity contribution in [2.45, 2.75) is 46.7 Å². The van der Waals surface area contributed by atoms with Crippen molar-refractivity contribution in [2.24, 2.45) is 0 Å². The van der Waals surface area contributed by atoms with Gasteiger partial charge in [-0.3, -0.25) is 0 Å². The molecule has 0 N–H and O–H groups in total. The third-order valence-corrected chi connectivity index (χ3v) is 2.11. The lowest BCUT2D eigenvalue weighted by molar-refractivity contribution is 0.252. The Hall–Kier alpha value is -0.320. The number of hydrogen-bond acceptors (Lipinski definition) is 2. The second-order valence-corrected chi connectivity index (χ2v) is 4.03. The number of nitrogens with zero attached hydrogens (tertiary/aromatic N) is 2. The van der Waals surface area contributed by atoms with Gasteiger partial charge in [0.15, 0.2) is 8.81 Å². The van der Waals surface area contributed by atoms with Crippen molar-refractivity contribution in [3.05, 3.63) is 4.95 Å². The zero-order chi connectivity index (χ0) is 10.3. The maximum Gasteiger partial charge on any atom is 0.367 e. The molecule has 0 aliphatic rings. The molecule has 0 aliphatic carbocycles. The van der Waals surface area contributed by atoms with Crippen LogP contribution in [0, 0.1) is 5.81 Å². The average Bonchev–Trinajstić information content (AvgIpc) is 2.02. The summed E-state index contributed by atoms with van der Waals surface area (Å²) in [4.78, 5) is 4.23.